The summed E-state index contributed by atoms with van der Waals surface area (Å²) in [7, 11) is 0. The van der Waals surface area contributed by atoms with E-state index in [2.05, 4.69) is 34.1 Å². The summed E-state index contributed by atoms with van der Waals surface area (Å²) in [6, 6.07) is 0. The lowest BCUT2D eigenvalue weighted by atomic mass is 9.82. The molecule has 0 aliphatic rings. The summed E-state index contributed by atoms with van der Waals surface area (Å²) < 4.78 is 0. The van der Waals surface area contributed by atoms with Crippen LogP contribution in [0.2, 0.25) is 0 Å². The van der Waals surface area contributed by atoms with Crippen LogP contribution in [0.3, 0.4) is 0 Å². The van der Waals surface area contributed by atoms with Crippen LogP contribution in [-0.2, 0) is 0 Å². The highest BCUT2D eigenvalue weighted by Crippen LogP contribution is 2.29. The fourth-order valence-electron chi connectivity index (χ4n) is 3.74. The second-order valence-corrected chi connectivity index (χ2v) is 7.70. The van der Waals surface area contributed by atoms with Gasteiger partial charge in [-0.2, -0.15) is 0 Å². The van der Waals surface area contributed by atoms with E-state index >= 15 is 0 Å². The van der Waals surface area contributed by atoms with E-state index < -0.39 is 0 Å². The summed E-state index contributed by atoms with van der Waals surface area (Å²) in [5.41, 5.74) is 0. The van der Waals surface area contributed by atoms with Crippen LogP contribution in [0.25, 0.3) is 0 Å². The zero-order valence-electron chi connectivity index (χ0n) is 17.0. The fourth-order valence-corrected chi connectivity index (χ4v) is 3.74. The molecule has 0 saturated heterocycles. The molecule has 0 fully saturated rings. The molecule has 2 unspecified atom stereocenters. The Labute approximate surface area is 149 Å². The van der Waals surface area contributed by atoms with Crippen molar-refractivity contribution < 1.29 is 0 Å². The summed E-state index contributed by atoms with van der Waals surface area (Å²) in [5.74, 6) is 1.80. The monoisotopic (exact) mass is 323 g/mol. The molecule has 0 heterocycles. The van der Waals surface area contributed by atoms with Gasteiger partial charge >= 0.3 is 0 Å². The second-order valence-electron chi connectivity index (χ2n) is 7.70. The van der Waals surface area contributed by atoms with Crippen molar-refractivity contribution in [3.05, 3.63) is 6.42 Å². The summed E-state index contributed by atoms with van der Waals surface area (Å²) in [4.78, 5) is 0. The fraction of sp³-hybridized carbons (Fsp3) is 0.957. The SMILES string of the molecule is CCCCCCCC([CH]C(CCCC)CCCCCC)CCC. The molecular weight excluding hydrogens is 276 g/mol. The van der Waals surface area contributed by atoms with Crippen LogP contribution in [0.1, 0.15) is 130 Å². The predicted molar refractivity (Wildman–Crippen MR) is 108 cm³/mol. The van der Waals surface area contributed by atoms with Crippen molar-refractivity contribution in [2.75, 3.05) is 0 Å². The molecule has 0 saturated carbocycles. The maximum absolute atomic E-state index is 2.80. The highest BCUT2D eigenvalue weighted by molar-refractivity contribution is 4.84. The van der Waals surface area contributed by atoms with Crippen molar-refractivity contribution in [1.29, 1.82) is 0 Å². The molecule has 0 bridgehead atoms. The van der Waals surface area contributed by atoms with E-state index in [4.69, 9.17) is 0 Å². The van der Waals surface area contributed by atoms with E-state index in [-0.39, 0.29) is 0 Å². The first kappa shape index (κ1) is 23.0. The Morgan fingerprint density at radius 2 is 0.870 bits per heavy atom. The lowest BCUT2D eigenvalue weighted by Gasteiger charge is -2.23. The lowest BCUT2D eigenvalue weighted by Crippen LogP contribution is -2.11. The molecule has 1 radical (unpaired) electrons. The van der Waals surface area contributed by atoms with Crippen LogP contribution in [0, 0.1) is 18.3 Å². The van der Waals surface area contributed by atoms with Crippen LogP contribution in [0.5, 0.6) is 0 Å². The van der Waals surface area contributed by atoms with E-state index in [1.54, 1.807) is 0 Å². The number of hydrogen-bond acceptors (Lipinski definition) is 0. The van der Waals surface area contributed by atoms with E-state index in [1.165, 1.54) is 103 Å². The normalized spacial score (nSPS) is 14.1. The van der Waals surface area contributed by atoms with E-state index in [0.29, 0.717) is 0 Å². The summed E-state index contributed by atoms with van der Waals surface area (Å²) >= 11 is 0. The average molecular weight is 324 g/mol. The molecule has 0 aromatic heterocycles. The zero-order chi connectivity index (χ0) is 17.2. The van der Waals surface area contributed by atoms with Gasteiger partial charge in [0.05, 0.1) is 0 Å². The molecule has 0 rings (SSSR count). The first-order valence-corrected chi connectivity index (χ1v) is 11.1. The molecule has 0 spiro atoms. The van der Waals surface area contributed by atoms with Gasteiger partial charge in [-0.3, -0.25) is 0 Å². The highest BCUT2D eigenvalue weighted by Gasteiger charge is 2.16. The Balaban J connectivity index is 4.12. The molecule has 0 heteroatoms. The third-order valence-corrected chi connectivity index (χ3v) is 5.24. The molecule has 0 amide bonds. The van der Waals surface area contributed by atoms with Crippen LogP contribution in [0.4, 0.5) is 0 Å². The summed E-state index contributed by atoms with van der Waals surface area (Å²) in [5, 5.41) is 0. The highest BCUT2D eigenvalue weighted by atomic mass is 14.2. The van der Waals surface area contributed by atoms with Gasteiger partial charge in [0.15, 0.2) is 0 Å². The standard InChI is InChI=1S/C23H47/c1-5-9-12-14-16-19-22(17-8-4)21-23(18-11-7-3)20-15-13-10-6-2/h21-23H,5-20H2,1-4H3. The quantitative estimate of drug-likeness (QED) is 0.221. The molecule has 2 atom stereocenters. The Kier molecular flexibility index (Phi) is 18.3. The zero-order valence-corrected chi connectivity index (χ0v) is 17.0. The third-order valence-electron chi connectivity index (χ3n) is 5.24. The van der Waals surface area contributed by atoms with Gasteiger partial charge in [0.25, 0.3) is 0 Å². The van der Waals surface area contributed by atoms with Gasteiger partial charge in [-0.25, -0.2) is 0 Å². The maximum Gasteiger partial charge on any atom is -0.0324 e. The van der Waals surface area contributed by atoms with Crippen LogP contribution >= 0.6 is 0 Å². The maximum atomic E-state index is 2.80. The molecule has 0 aromatic rings. The minimum absolute atomic E-state index is 0.898. The number of unbranched alkanes of at least 4 members (excludes halogenated alkanes) is 8. The second kappa shape index (κ2) is 18.3. The first-order valence-electron chi connectivity index (χ1n) is 11.1. The van der Waals surface area contributed by atoms with Gasteiger partial charge < -0.3 is 0 Å². The Morgan fingerprint density at radius 3 is 1.39 bits per heavy atom. The van der Waals surface area contributed by atoms with Gasteiger partial charge in [-0.05, 0) is 18.3 Å². The van der Waals surface area contributed by atoms with Crippen molar-refractivity contribution in [1.82, 2.24) is 0 Å². The number of rotatable bonds is 18. The van der Waals surface area contributed by atoms with Crippen LogP contribution in [0.15, 0.2) is 0 Å². The minimum atomic E-state index is 0.898. The van der Waals surface area contributed by atoms with Gasteiger partial charge in [0.2, 0.25) is 0 Å². The van der Waals surface area contributed by atoms with Crippen LogP contribution < -0.4 is 0 Å². The van der Waals surface area contributed by atoms with Crippen molar-refractivity contribution >= 4 is 0 Å². The molecule has 0 aliphatic heterocycles. The molecule has 0 nitrogen and oxygen atoms in total. The Hall–Kier alpha value is 0. The van der Waals surface area contributed by atoms with Gasteiger partial charge in [0, 0.05) is 0 Å². The first-order chi connectivity index (χ1) is 11.3. The Bertz CT molecular complexity index is 208. The van der Waals surface area contributed by atoms with Gasteiger partial charge in [0.1, 0.15) is 0 Å². The van der Waals surface area contributed by atoms with Crippen molar-refractivity contribution in [2.45, 2.75) is 130 Å². The minimum Gasteiger partial charge on any atom is -0.0654 e. The third kappa shape index (κ3) is 15.3. The average Bonchev–Trinajstić information content (AvgIpc) is 2.56. The van der Waals surface area contributed by atoms with E-state index in [0.717, 1.165) is 11.8 Å². The van der Waals surface area contributed by atoms with Crippen molar-refractivity contribution in [2.24, 2.45) is 11.8 Å². The van der Waals surface area contributed by atoms with Gasteiger partial charge in [-0.1, -0.05) is 130 Å². The van der Waals surface area contributed by atoms with E-state index in [1.807, 2.05) is 0 Å². The molecule has 0 N–H and O–H groups in total. The van der Waals surface area contributed by atoms with Crippen molar-refractivity contribution in [3.63, 3.8) is 0 Å². The molecule has 23 heavy (non-hydrogen) atoms. The molecule has 0 aliphatic carbocycles. The predicted octanol–water partition coefficient (Wildman–Crippen LogP) is 8.74. The summed E-state index contributed by atoms with van der Waals surface area (Å²) in [6.45, 7) is 9.33. The van der Waals surface area contributed by atoms with Crippen molar-refractivity contribution in [3.8, 4) is 0 Å². The molecule has 139 valence electrons. The van der Waals surface area contributed by atoms with Crippen LogP contribution in [-0.4, -0.2) is 0 Å². The smallest absolute Gasteiger partial charge is 0.0324 e. The van der Waals surface area contributed by atoms with E-state index in [9.17, 15) is 0 Å². The Morgan fingerprint density at radius 1 is 0.435 bits per heavy atom. The topological polar surface area (TPSA) is 0 Å². The van der Waals surface area contributed by atoms with Gasteiger partial charge in [-0.15, -0.1) is 0 Å². The number of hydrogen-bond donors (Lipinski definition) is 0. The lowest BCUT2D eigenvalue weighted by molar-refractivity contribution is 0.375. The molecule has 0 aromatic carbocycles. The summed E-state index contributed by atoms with van der Waals surface area (Å²) in [6.07, 6.45) is 25.5. The largest absolute Gasteiger partial charge is 0.0654 e. The molecular formula is C23H47.